The molecule has 1 atom stereocenters. The van der Waals surface area contributed by atoms with Crippen molar-refractivity contribution in [3.05, 3.63) is 49.8 Å². The number of piperidine rings is 1. The van der Waals surface area contributed by atoms with E-state index in [0.29, 0.717) is 25.5 Å². The molecule has 10 heteroatoms. The predicted molar refractivity (Wildman–Crippen MR) is 113 cm³/mol. The van der Waals surface area contributed by atoms with Crippen LogP contribution in [0.4, 0.5) is 0 Å². The fourth-order valence-corrected chi connectivity index (χ4v) is 5.99. The summed E-state index contributed by atoms with van der Waals surface area (Å²) >= 11 is 1.73. The fraction of sp³-hybridized carbons (Fsp3) is 0.579. The number of nitrogens with zero attached hydrogens (tertiary/aromatic N) is 4. The summed E-state index contributed by atoms with van der Waals surface area (Å²) in [5, 5.41) is 2.07. The van der Waals surface area contributed by atoms with Crippen LogP contribution in [0.25, 0.3) is 0 Å². The Morgan fingerprint density at radius 1 is 1.34 bits per heavy atom. The second-order valence-electron chi connectivity index (χ2n) is 7.90. The number of nitrogens with one attached hydrogen (secondary N) is 1. The first kappa shape index (κ1) is 20.7. The molecule has 0 bridgehead atoms. The summed E-state index contributed by atoms with van der Waals surface area (Å²) in [6.45, 7) is 3.17. The van der Waals surface area contributed by atoms with Crippen LogP contribution in [0, 0.1) is 0 Å². The van der Waals surface area contributed by atoms with Crippen LogP contribution < -0.4 is 5.56 Å². The second kappa shape index (κ2) is 8.27. The van der Waals surface area contributed by atoms with Gasteiger partial charge in [0.2, 0.25) is 0 Å². The zero-order valence-corrected chi connectivity index (χ0v) is 18.4. The van der Waals surface area contributed by atoms with Crippen LogP contribution in [0.5, 0.6) is 0 Å². The first-order valence-corrected chi connectivity index (χ1v) is 12.2. The lowest BCUT2D eigenvalue weighted by atomic mass is 9.98. The number of aromatic nitrogens is 2. The van der Waals surface area contributed by atoms with Gasteiger partial charge < -0.3 is 4.98 Å². The highest BCUT2D eigenvalue weighted by atomic mass is 32.2. The molecular weight excluding hydrogens is 410 g/mol. The molecule has 1 fully saturated rings. The topological polar surface area (TPSA) is 89.6 Å². The first-order valence-electron chi connectivity index (χ1n) is 9.89. The third-order valence-corrected chi connectivity index (χ3v) is 8.45. The van der Waals surface area contributed by atoms with E-state index in [1.54, 1.807) is 25.4 Å². The van der Waals surface area contributed by atoms with E-state index in [4.69, 9.17) is 4.98 Å². The highest BCUT2D eigenvalue weighted by molar-refractivity contribution is 7.86. The van der Waals surface area contributed by atoms with Gasteiger partial charge in [0.1, 0.15) is 5.82 Å². The normalized spacial score (nSPS) is 21.4. The lowest BCUT2D eigenvalue weighted by Gasteiger charge is -2.33. The van der Waals surface area contributed by atoms with Crippen molar-refractivity contribution in [2.45, 2.75) is 38.3 Å². The third-order valence-electron chi connectivity index (χ3n) is 5.68. The van der Waals surface area contributed by atoms with E-state index in [9.17, 15) is 13.2 Å². The molecule has 8 nitrogen and oxygen atoms in total. The number of fused-ring (bicyclic) bond motifs is 1. The maximum Gasteiger partial charge on any atom is 0.281 e. The molecule has 29 heavy (non-hydrogen) atoms. The van der Waals surface area contributed by atoms with Crippen LogP contribution in [0.2, 0.25) is 0 Å². The van der Waals surface area contributed by atoms with Crippen molar-refractivity contribution in [1.82, 2.24) is 23.5 Å². The molecule has 0 amide bonds. The van der Waals surface area contributed by atoms with Gasteiger partial charge in [0.15, 0.2) is 0 Å². The largest absolute Gasteiger partial charge is 0.310 e. The molecule has 2 aliphatic rings. The zero-order valence-electron chi connectivity index (χ0n) is 16.8. The smallest absolute Gasteiger partial charge is 0.281 e. The van der Waals surface area contributed by atoms with E-state index in [1.165, 1.54) is 13.5 Å². The zero-order chi connectivity index (χ0) is 20.6. The van der Waals surface area contributed by atoms with Crippen LogP contribution in [-0.2, 0) is 29.7 Å². The number of hydrogen-bond donors (Lipinski definition) is 1. The highest BCUT2D eigenvalue weighted by Crippen LogP contribution is 2.27. The minimum absolute atomic E-state index is 0.0828. The molecular formula is C19H27N5O3S2. The molecule has 1 N–H and O–H groups in total. The van der Waals surface area contributed by atoms with Crippen molar-refractivity contribution in [3.63, 3.8) is 0 Å². The Morgan fingerprint density at radius 3 is 2.90 bits per heavy atom. The average molecular weight is 438 g/mol. The highest BCUT2D eigenvalue weighted by Gasteiger charge is 2.33. The van der Waals surface area contributed by atoms with Crippen LogP contribution in [0.3, 0.4) is 0 Å². The van der Waals surface area contributed by atoms with Gasteiger partial charge in [-0.05, 0) is 24.3 Å². The molecule has 0 aromatic carbocycles. The molecule has 1 saturated heterocycles. The second-order valence-corrected chi connectivity index (χ2v) is 11.1. The van der Waals surface area contributed by atoms with Gasteiger partial charge in [-0.15, -0.1) is 11.3 Å². The molecule has 4 heterocycles. The summed E-state index contributed by atoms with van der Waals surface area (Å²) in [5.74, 6) is 0.541. The van der Waals surface area contributed by atoms with Crippen molar-refractivity contribution < 1.29 is 8.42 Å². The predicted octanol–water partition coefficient (Wildman–Crippen LogP) is 1.38. The number of thiophene rings is 1. The molecule has 2 aromatic heterocycles. The van der Waals surface area contributed by atoms with Crippen molar-refractivity contribution in [3.8, 4) is 0 Å². The van der Waals surface area contributed by atoms with E-state index in [-0.39, 0.29) is 11.5 Å². The maximum atomic E-state index is 12.8. The Bertz CT molecular complexity index is 1020. The first-order chi connectivity index (χ1) is 13.8. The molecule has 2 aromatic rings. The van der Waals surface area contributed by atoms with E-state index in [0.717, 1.165) is 43.6 Å². The molecule has 0 saturated carbocycles. The standard InChI is InChI=1S/C19H27N5O3S2/c1-22(2)29(26,27)24-8-3-5-14(11-24)18-20-17-7-9-23(12-15-6-4-10-28-15)13-16(17)19(25)21-18/h4,6,10,14H,3,5,7-9,11-13H2,1-2H3,(H,20,21,25). The van der Waals surface area contributed by atoms with Crippen molar-refractivity contribution in [2.75, 3.05) is 33.7 Å². The summed E-state index contributed by atoms with van der Waals surface area (Å²) < 4.78 is 27.7. The Labute approximate surface area is 175 Å². The fourth-order valence-electron chi connectivity index (χ4n) is 4.06. The maximum absolute atomic E-state index is 12.8. The Morgan fingerprint density at radius 2 is 2.17 bits per heavy atom. The Kier molecular flexibility index (Phi) is 5.90. The van der Waals surface area contributed by atoms with Gasteiger partial charge in [-0.25, -0.2) is 4.98 Å². The lowest BCUT2D eigenvalue weighted by Crippen LogP contribution is -2.45. The number of H-pyrrole nitrogens is 1. The Hall–Kier alpha value is -1.59. The molecule has 0 radical (unpaired) electrons. The van der Waals surface area contributed by atoms with Gasteiger partial charge >= 0.3 is 0 Å². The van der Waals surface area contributed by atoms with E-state index in [2.05, 4.69) is 21.3 Å². The van der Waals surface area contributed by atoms with Crippen molar-refractivity contribution in [1.29, 1.82) is 0 Å². The van der Waals surface area contributed by atoms with Gasteiger partial charge in [-0.3, -0.25) is 9.69 Å². The summed E-state index contributed by atoms with van der Waals surface area (Å²) in [6, 6.07) is 4.16. The summed E-state index contributed by atoms with van der Waals surface area (Å²) in [6.07, 6.45) is 2.32. The van der Waals surface area contributed by atoms with Crippen molar-refractivity contribution in [2.24, 2.45) is 0 Å². The molecule has 0 aliphatic carbocycles. The van der Waals surface area contributed by atoms with Gasteiger partial charge in [-0.1, -0.05) is 6.07 Å². The molecule has 2 aliphatic heterocycles. The minimum atomic E-state index is -3.46. The molecule has 1 unspecified atom stereocenters. The van der Waals surface area contributed by atoms with Crippen LogP contribution in [0.1, 0.15) is 40.7 Å². The Balaban J connectivity index is 1.52. The monoisotopic (exact) mass is 437 g/mol. The number of rotatable bonds is 5. The average Bonchev–Trinajstić information content (AvgIpc) is 3.21. The van der Waals surface area contributed by atoms with E-state index in [1.807, 2.05) is 6.07 Å². The van der Waals surface area contributed by atoms with Crippen LogP contribution in [-0.4, -0.2) is 65.6 Å². The third kappa shape index (κ3) is 4.31. The van der Waals surface area contributed by atoms with E-state index >= 15 is 0 Å². The quantitative estimate of drug-likeness (QED) is 0.763. The molecule has 0 spiro atoms. The summed E-state index contributed by atoms with van der Waals surface area (Å²) in [7, 11) is -0.376. The van der Waals surface area contributed by atoms with Gasteiger partial charge in [0.25, 0.3) is 15.8 Å². The molecule has 4 rings (SSSR count). The SMILES string of the molecule is CN(C)S(=O)(=O)N1CCCC(c2nc3c(c(=O)[nH]2)CN(Cc2cccs2)CC3)C1. The summed E-state index contributed by atoms with van der Waals surface area (Å²) in [5.41, 5.74) is 1.51. The van der Waals surface area contributed by atoms with Crippen molar-refractivity contribution >= 4 is 21.5 Å². The molecule has 158 valence electrons. The minimum Gasteiger partial charge on any atom is -0.310 e. The number of aromatic amines is 1. The van der Waals surface area contributed by atoms with Crippen LogP contribution >= 0.6 is 11.3 Å². The lowest BCUT2D eigenvalue weighted by molar-refractivity contribution is 0.242. The van der Waals surface area contributed by atoms with Gasteiger partial charge in [-0.2, -0.15) is 17.0 Å². The van der Waals surface area contributed by atoms with Crippen LogP contribution in [0.15, 0.2) is 22.3 Å². The van der Waals surface area contributed by atoms with E-state index < -0.39 is 10.2 Å². The summed E-state index contributed by atoms with van der Waals surface area (Å²) in [4.78, 5) is 24.1. The van der Waals surface area contributed by atoms with Gasteiger partial charge in [0, 0.05) is 64.0 Å². The number of hydrogen-bond acceptors (Lipinski definition) is 6. The van der Waals surface area contributed by atoms with Gasteiger partial charge in [0.05, 0.1) is 11.3 Å².